The van der Waals surface area contributed by atoms with Crippen molar-refractivity contribution in [3.05, 3.63) is 81.9 Å². The van der Waals surface area contributed by atoms with Gasteiger partial charge >= 0.3 is 0 Å². The summed E-state index contributed by atoms with van der Waals surface area (Å²) in [6.07, 6.45) is 1.54. The summed E-state index contributed by atoms with van der Waals surface area (Å²) in [6, 6.07) is 14.3. The lowest BCUT2D eigenvalue weighted by Crippen LogP contribution is -1.93. The van der Waals surface area contributed by atoms with E-state index in [-0.39, 0.29) is 10.8 Å². The van der Waals surface area contributed by atoms with Crippen LogP contribution in [-0.4, -0.2) is 0 Å². The fraction of sp³-hybridized carbons (Fsp3) is 0.143. The summed E-state index contributed by atoms with van der Waals surface area (Å²) in [4.78, 5) is 0. The van der Waals surface area contributed by atoms with Crippen LogP contribution in [0.1, 0.15) is 23.6 Å². The summed E-state index contributed by atoms with van der Waals surface area (Å²) in [5.74, 6) is -0.812. The molecule has 0 saturated carbocycles. The van der Waals surface area contributed by atoms with Gasteiger partial charge < -0.3 is 0 Å². The minimum absolute atomic E-state index is 0.0415. The summed E-state index contributed by atoms with van der Waals surface area (Å²) in [6.45, 7) is 2.11. The third-order valence-corrected chi connectivity index (χ3v) is 5.02. The Hall–Kier alpha value is -2.19. The predicted octanol–water partition coefficient (Wildman–Crippen LogP) is 6.42. The van der Waals surface area contributed by atoms with E-state index in [1.807, 2.05) is 6.07 Å². The van der Waals surface area contributed by atoms with Crippen LogP contribution in [0.5, 0.6) is 0 Å². The number of hydrogen-bond acceptors (Lipinski definition) is 0. The molecule has 3 aromatic rings. The maximum atomic E-state index is 15.1. The summed E-state index contributed by atoms with van der Waals surface area (Å²) in [7, 11) is 0. The van der Waals surface area contributed by atoms with E-state index in [1.54, 1.807) is 12.1 Å². The fourth-order valence-corrected chi connectivity index (χ4v) is 3.52. The van der Waals surface area contributed by atoms with Gasteiger partial charge in [-0.3, -0.25) is 0 Å². The quantitative estimate of drug-likeness (QED) is 0.395. The molecule has 0 aromatic heterocycles. The van der Waals surface area contributed by atoms with Gasteiger partial charge in [-0.25, -0.2) is 8.78 Å². The van der Waals surface area contributed by atoms with Gasteiger partial charge in [-0.1, -0.05) is 54.9 Å². The van der Waals surface area contributed by atoms with Crippen molar-refractivity contribution in [1.29, 1.82) is 0 Å². The molecule has 1 aliphatic carbocycles. The first-order valence-electron chi connectivity index (χ1n) is 7.97. The zero-order chi connectivity index (χ0) is 16.8. The molecule has 0 N–H and O–H groups in total. The van der Waals surface area contributed by atoms with E-state index in [0.29, 0.717) is 23.1 Å². The second-order valence-electron chi connectivity index (χ2n) is 6.10. The molecule has 1 aliphatic rings. The molecule has 24 heavy (non-hydrogen) atoms. The van der Waals surface area contributed by atoms with Crippen molar-refractivity contribution in [2.75, 3.05) is 0 Å². The van der Waals surface area contributed by atoms with Crippen LogP contribution < -0.4 is 0 Å². The fourth-order valence-electron chi connectivity index (χ4n) is 3.40. The Labute approximate surface area is 144 Å². The first kappa shape index (κ1) is 15.3. The van der Waals surface area contributed by atoms with Gasteiger partial charge in [0, 0.05) is 17.5 Å². The number of hydrogen-bond donors (Lipinski definition) is 0. The SMILES string of the molecule is CCc1ccc2c(c1)Cc1c-2ccc(-c2ccc(Cl)c(F)c2)c1F. The van der Waals surface area contributed by atoms with Gasteiger partial charge in [-0.15, -0.1) is 0 Å². The largest absolute Gasteiger partial charge is 0.206 e. The molecule has 0 aliphatic heterocycles. The van der Waals surface area contributed by atoms with Crippen molar-refractivity contribution in [3.8, 4) is 22.3 Å². The first-order valence-corrected chi connectivity index (χ1v) is 8.35. The maximum absolute atomic E-state index is 15.1. The topological polar surface area (TPSA) is 0 Å². The summed E-state index contributed by atoms with van der Waals surface area (Å²) >= 11 is 5.72. The number of rotatable bonds is 2. The van der Waals surface area contributed by atoms with Gasteiger partial charge in [0.05, 0.1) is 5.02 Å². The van der Waals surface area contributed by atoms with E-state index in [1.165, 1.54) is 17.7 Å². The Morgan fingerprint density at radius 1 is 0.917 bits per heavy atom. The molecule has 4 rings (SSSR count). The molecule has 0 atom stereocenters. The van der Waals surface area contributed by atoms with Crippen LogP contribution in [0.3, 0.4) is 0 Å². The smallest absolute Gasteiger partial charge is 0.142 e. The molecule has 0 unspecified atom stereocenters. The van der Waals surface area contributed by atoms with E-state index < -0.39 is 5.82 Å². The van der Waals surface area contributed by atoms with Crippen LogP contribution in [-0.2, 0) is 12.8 Å². The van der Waals surface area contributed by atoms with Crippen LogP contribution in [0.4, 0.5) is 8.78 Å². The number of halogens is 3. The summed E-state index contributed by atoms with van der Waals surface area (Å²) < 4.78 is 28.8. The van der Waals surface area contributed by atoms with E-state index in [4.69, 9.17) is 11.6 Å². The molecule has 120 valence electrons. The molecule has 0 spiro atoms. The molecule has 0 bridgehead atoms. The number of fused-ring (bicyclic) bond motifs is 3. The highest BCUT2D eigenvalue weighted by Crippen LogP contribution is 2.41. The molecule has 3 heteroatoms. The Morgan fingerprint density at radius 2 is 1.67 bits per heavy atom. The molecule has 0 nitrogen and oxygen atoms in total. The van der Waals surface area contributed by atoms with E-state index in [2.05, 4.69) is 25.1 Å². The highest BCUT2D eigenvalue weighted by atomic mass is 35.5. The zero-order valence-electron chi connectivity index (χ0n) is 13.2. The molecule has 0 radical (unpaired) electrons. The highest BCUT2D eigenvalue weighted by molar-refractivity contribution is 6.30. The predicted molar refractivity (Wildman–Crippen MR) is 94.4 cm³/mol. The minimum atomic E-state index is -0.537. The van der Waals surface area contributed by atoms with E-state index in [0.717, 1.165) is 23.1 Å². The monoisotopic (exact) mass is 340 g/mol. The van der Waals surface area contributed by atoms with Crippen LogP contribution in [0.15, 0.2) is 48.5 Å². The third-order valence-electron chi connectivity index (χ3n) is 4.71. The molecule has 3 aromatic carbocycles. The lowest BCUT2D eigenvalue weighted by atomic mass is 9.98. The molecule has 0 fully saturated rings. The Balaban J connectivity index is 1.83. The van der Waals surface area contributed by atoms with Crippen molar-refractivity contribution in [1.82, 2.24) is 0 Å². The standard InChI is InChI=1S/C21H15ClF2/c1-2-12-3-5-15-14(9-12)10-18-17(15)7-6-16(21(18)24)13-4-8-19(22)20(23)11-13/h3-9,11H,2,10H2,1H3. The van der Waals surface area contributed by atoms with Crippen molar-refractivity contribution >= 4 is 11.6 Å². The van der Waals surface area contributed by atoms with Crippen LogP contribution in [0.2, 0.25) is 5.02 Å². The number of aryl methyl sites for hydroxylation is 1. The average molecular weight is 341 g/mol. The minimum Gasteiger partial charge on any atom is -0.206 e. The third kappa shape index (κ3) is 2.33. The second kappa shape index (κ2) is 5.71. The van der Waals surface area contributed by atoms with Crippen LogP contribution in [0, 0.1) is 11.6 Å². The first-order chi connectivity index (χ1) is 11.6. The highest BCUT2D eigenvalue weighted by Gasteiger charge is 2.24. The van der Waals surface area contributed by atoms with E-state index >= 15 is 4.39 Å². The zero-order valence-corrected chi connectivity index (χ0v) is 13.9. The van der Waals surface area contributed by atoms with Gasteiger partial charge in [0.15, 0.2) is 0 Å². The molecule has 0 heterocycles. The van der Waals surface area contributed by atoms with Gasteiger partial charge in [0.25, 0.3) is 0 Å². The normalized spacial score (nSPS) is 12.2. The number of benzene rings is 3. The maximum Gasteiger partial charge on any atom is 0.142 e. The summed E-state index contributed by atoms with van der Waals surface area (Å²) in [5, 5.41) is 0.0415. The average Bonchev–Trinajstić information content (AvgIpc) is 2.96. The van der Waals surface area contributed by atoms with Crippen LogP contribution >= 0.6 is 11.6 Å². The van der Waals surface area contributed by atoms with Crippen molar-refractivity contribution in [2.45, 2.75) is 19.8 Å². The Kier molecular flexibility index (Phi) is 3.65. The van der Waals surface area contributed by atoms with Crippen molar-refractivity contribution < 1.29 is 8.78 Å². The van der Waals surface area contributed by atoms with Gasteiger partial charge in [0.1, 0.15) is 11.6 Å². The van der Waals surface area contributed by atoms with Crippen molar-refractivity contribution in [2.24, 2.45) is 0 Å². The lowest BCUT2D eigenvalue weighted by molar-refractivity contribution is 0.617. The van der Waals surface area contributed by atoms with Gasteiger partial charge in [-0.2, -0.15) is 0 Å². The second-order valence-corrected chi connectivity index (χ2v) is 6.51. The van der Waals surface area contributed by atoms with Crippen LogP contribution in [0.25, 0.3) is 22.3 Å². The van der Waals surface area contributed by atoms with Gasteiger partial charge in [-0.05, 0) is 46.4 Å². The van der Waals surface area contributed by atoms with Crippen molar-refractivity contribution in [3.63, 3.8) is 0 Å². The summed E-state index contributed by atoms with van der Waals surface area (Å²) in [5.41, 5.74) is 6.03. The van der Waals surface area contributed by atoms with Gasteiger partial charge in [0.2, 0.25) is 0 Å². The Morgan fingerprint density at radius 3 is 2.42 bits per heavy atom. The molecule has 0 saturated heterocycles. The Bertz CT molecular complexity index is 960. The lowest BCUT2D eigenvalue weighted by Gasteiger charge is -2.09. The molecule has 0 amide bonds. The molecular formula is C21H15ClF2. The molecular weight excluding hydrogens is 326 g/mol. The van der Waals surface area contributed by atoms with E-state index in [9.17, 15) is 4.39 Å².